The number of halogens is 4. The van der Waals surface area contributed by atoms with Gasteiger partial charge in [0.15, 0.2) is 11.9 Å². The predicted octanol–water partition coefficient (Wildman–Crippen LogP) is 8.62. The van der Waals surface area contributed by atoms with Gasteiger partial charge in [-0.2, -0.15) is 10.4 Å². The van der Waals surface area contributed by atoms with Crippen LogP contribution in [0.15, 0.2) is 111 Å². The molecule has 0 N–H and O–H groups in total. The minimum Gasteiger partial charge on any atom is -0.447 e. The van der Waals surface area contributed by atoms with Crippen LogP contribution in [0.2, 0.25) is 0 Å². The minimum atomic E-state index is -4.27. The third-order valence-electron chi connectivity index (χ3n) is 8.62. The highest BCUT2D eigenvalue weighted by Crippen LogP contribution is 2.50. The van der Waals surface area contributed by atoms with Gasteiger partial charge in [0, 0.05) is 22.4 Å². The molecule has 1 aliphatic rings. The Morgan fingerprint density at radius 3 is 2.37 bits per heavy atom. The molecule has 18 heteroatoms. The number of hydrogen-bond acceptors (Lipinski definition) is 12. The number of ether oxygens (including phenoxy) is 3. The molecule has 0 amide bonds. The van der Waals surface area contributed by atoms with Gasteiger partial charge in [-0.25, -0.2) is 36.6 Å². The van der Waals surface area contributed by atoms with E-state index in [1.807, 2.05) is 6.07 Å². The number of phosphoric ester groups is 1. The fourth-order valence-electron chi connectivity index (χ4n) is 5.78. The highest BCUT2D eigenvalue weighted by atomic mass is 32.2. The van der Waals surface area contributed by atoms with Crippen molar-refractivity contribution < 1.29 is 54.7 Å². The number of allylic oxidation sites excluding steroid dienone is 2. The van der Waals surface area contributed by atoms with E-state index >= 15 is 4.39 Å². The second kappa shape index (κ2) is 21.2. The lowest BCUT2D eigenvalue weighted by Gasteiger charge is -2.40. The number of nitrogens with zero attached hydrogens (tertiary/aromatic N) is 4. The Morgan fingerprint density at radius 1 is 1.02 bits per heavy atom. The van der Waals surface area contributed by atoms with E-state index in [1.54, 1.807) is 25.2 Å². The molecule has 1 aromatic heterocycles. The van der Waals surface area contributed by atoms with E-state index in [4.69, 9.17) is 33.0 Å². The number of rotatable bonds is 20. The largest absolute Gasteiger partial charge is 0.475 e. The topological polar surface area (TPSA) is 144 Å². The molecular formula is C41H39F4N4O8PS. The normalized spacial score (nSPS) is 17.4. The molecule has 2 heterocycles. The van der Waals surface area contributed by atoms with Crippen LogP contribution in [0.3, 0.4) is 0 Å². The number of benzene rings is 3. The maximum Gasteiger partial charge on any atom is 0.475 e. The Balaban J connectivity index is 1.40. The molecule has 12 nitrogen and oxygen atoms in total. The number of carbonyl (C=O) groups is 1. The van der Waals surface area contributed by atoms with Gasteiger partial charge in [-0.3, -0.25) is 13.6 Å². The molecule has 4 aromatic rings. The minimum absolute atomic E-state index is 0.112. The monoisotopic (exact) mass is 854 g/mol. The molecule has 0 spiro atoms. The first-order valence-electron chi connectivity index (χ1n) is 17.9. The zero-order chi connectivity index (χ0) is 42.4. The summed E-state index contributed by atoms with van der Waals surface area (Å²) in [4.78, 5) is 18.3. The summed E-state index contributed by atoms with van der Waals surface area (Å²) in [6.07, 6.45) is 10.8. The van der Waals surface area contributed by atoms with E-state index in [9.17, 15) is 22.5 Å². The number of phosphoric acid groups is 1. The lowest BCUT2D eigenvalue weighted by molar-refractivity contribution is -0.146. The van der Waals surface area contributed by atoms with Crippen LogP contribution in [0, 0.1) is 34.6 Å². The Hall–Kier alpha value is -5.18. The number of carbonyl (C=O) groups excluding carboxylic acids is 1. The summed E-state index contributed by atoms with van der Waals surface area (Å²) in [6, 6.07) is 12.0. The molecule has 0 bridgehead atoms. The lowest BCUT2D eigenvalue weighted by Crippen LogP contribution is -2.47. The van der Waals surface area contributed by atoms with Crippen LogP contribution in [0.25, 0.3) is 6.08 Å². The average molecular weight is 855 g/mol. The molecule has 1 fully saturated rings. The molecule has 310 valence electrons. The van der Waals surface area contributed by atoms with Gasteiger partial charge >= 0.3 is 13.8 Å². The van der Waals surface area contributed by atoms with Gasteiger partial charge in [0.05, 0.1) is 62.0 Å². The maximum absolute atomic E-state index is 16.0. The summed E-state index contributed by atoms with van der Waals surface area (Å²) < 4.78 is 108. The molecule has 0 unspecified atom stereocenters. The van der Waals surface area contributed by atoms with Gasteiger partial charge < -0.3 is 14.2 Å². The molecule has 2 atom stereocenters. The van der Waals surface area contributed by atoms with Gasteiger partial charge in [0.1, 0.15) is 35.9 Å². The quantitative estimate of drug-likeness (QED) is 0.0276. The third-order valence-corrected chi connectivity index (χ3v) is 11.4. The zero-order valence-corrected chi connectivity index (χ0v) is 33.3. The molecular weight excluding hydrogens is 816 g/mol. The predicted molar refractivity (Wildman–Crippen MR) is 210 cm³/mol. The van der Waals surface area contributed by atoms with Crippen molar-refractivity contribution in [2.75, 3.05) is 26.4 Å². The molecule has 0 radical (unpaired) electrons. The van der Waals surface area contributed by atoms with E-state index in [2.05, 4.69) is 23.2 Å². The van der Waals surface area contributed by atoms with Crippen molar-refractivity contribution in [2.45, 2.75) is 42.5 Å². The van der Waals surface area contributed by atoms with Gasteiger partial charge in [-0.05, 0) is 61.0 Å². The van der Waals surface area contributed by atoms with E-state index < -0.39 is 66.1 Å². The molecule has 59 heavy (non-hydrogen) atoms. The van der Waals surface area contributed by atoms with Crippen molar-refractivity contribution >= 4 is 31.6 Å². The summed E-state index contributed by atoms with van der Waals surface area (Å²) in [5.41, 5.74) is -2.00. The Bertz CT molecular complexity index is 2230. The first-order chi connectivity index (χ1) is 28.4. The molecule has 0 aliphatic carbocycles. The summed E-state index contributed by atoms with van der Waals surface area (Å²) in [5.74, 6) is -4.28. The van der Waals surface area contributed by atoms with Gasteiger partial charge in [0.25, 0.3) is 0 Å². The number of hydrogen-bond donors (Lipinski definition) is 0. The highest BCUT2D eigenvalue weighted by molar-refractivity contribution is 8.00. The van der Waals surface area contributed by atoms with Crippen molar-refractivity contribution in [2.24, 2.45) is 0 Å². The van der Waals surface area contributed by atoms with Gasteiger partial charge in [0.2, 0.25) is 0 Å². The van der Waals surface area contributed by atoms with Crippen molar-refractivity contribution in [3.63, 3.8) is 0 Å². The Labute approximate surface area is 342 Å². The highest BCUT2D eigenvalue weighted by Gasteiger charge is 2.47. The van der Waals surface area contributed by atoms with Crippen molar-refractivity contribution in [3.8, 4) is 6.07 Å². The van der Waals surface area contributed by atoms with Crippen LogP contribution in [-0.2, 0) is 51.1 Å². The zero-order valence-electron chi connectivity index (χ0n) is 31.6. The van der Waals surface area contributed by atoms with Crippen molar-refractivity contribution in [3.05, 3.63) is 162 Å². The molecule has 3 aromatic carbocycles. The lowest BCUT2D eigenvalue weighted by atomic mass is 9.89. The summed E-state index contributed by atoms with van der Waals surface area (Å²) in [5, 5.41) is 11.9. The van der Waals surface area contributed by atoms with Gasteiger partial charge in [-0.15, -0.1) is 24.9 Å². The molecule has 1 saturated heterocycles. The Morgan fingerprint density at radius 2 is 1.73 bits per heavy atom. The summed E-state index contributed by atoms with van der Waals surface area (Å²) in [7, 11) is -4.27. The van der Waals surface area contributed by atoms with Gasteiger partial charge in [-0.1, -0.05) is 36.4 Å². The van der Waals surface area contributed by atoms with E-state index in [0.717, 1.165) is 36.4 Å². The smallest absolute Gasteiger partial charge is 0.447 e. The SMILES string of the molecule is C=CCOP(=O)(OCC=C)OCc1cc(F)ccc1C(=O)O[C@@](Cn1cncn1)(c1ccc(F)cc1F)[C@@H](C)SC1COC(C=CC=Cc2ccc(C#N)cc2F)OC1. The second-order valence-corrected chi connectivity index (χ2v) is 16.0. The van der Waals surface area contributed by atoms with Crippen LogP contribution in [0.1, 0.15) is 39.5 Å². The molecule has 5 rings (SSSR count). The maximum atomic E-state index is 16.0. The fourth-order valence-corrected chi connectivity index (χ4v) is 8.23. The van der Waals surface area contributed by atoms with E-state index in [-0.39, 0.29) is 60.8 Å². The van der Waals surface area contributed by atoms with E-state index in [0.29, 0.717) is 6.07 Å². The Kier molecular flexibility index (Phi) is 16.1. The van der Waals surface area contributed by atoms with Crippen LogP contribution < -0.4 is 0 Å². The first kappa shape index (κ1) is 44.9. The number of aromatic nitrogens is 3. The van der Waals surface area contributed by atoms with Crippen molar-refractivity contribution in [1.29, 1.82) is 5.26 Å². The first-order valence-corrected chi connectivity index (χ1v) is 20.3. The van der Waals surface area contributed by atoms with E-state index in [1.165, 1.54) is 59.5 Å². The third kappa shape index (κ3) is 12.2. The number of thioether (sulfide) groups is 1. The fraction of sp³-hybridized carbons (Fsp3) is 0.268. The molecule has 1 aliphatic heterocycles. The van der Waals surface area contributed by atoms with Crippen LogP contribution in [-0.4, -0.2) is 64.0 Å². The van der Waals surface area contributed by atoms with Crippen LogP contribution >= 0.6 is 19.6 Å². The number of nitriles is 1. The second-order valence-electron chi connectivity index (χ2n) is 12.7. The number of esters is 1. The standard InChI is InChI=1S/C41H39F4N4O8PS/c1-4-16-54-58(51,55-17-5-2)56-22-31-19-32(42)12-14-35(31)40(50)57-41(25-49-27-47-26-48-49,36-15-13-33(43)20-38(36)45)28(3)59-34-23-52-39(53-24-34)9-7-6-8-30-11-10-29(21-46)18-37(30)44/h4-15,18-20,26-28,34,39H,1-2,16-17,22-25H2,3H3/t28-,34?,39?,41-/m1/s1. The van der Waals surface area contributed by atoms with Crippen LogP contribution in [0.4, 0.5) is 17.6 Å². The summed E-state index contributed by atoms with van der Waals surface area (Å²) >= 11 is 1.24. The average Bonchev–Trinajstić information content (AvgIpc) is 3.74. The van der Waals surface area contributed by atoms with Crippen LogP contribution in [0.5, 0.6) is 0 Å². The molecule has 0 saturated carbocycles. The van der Waals surface area contributed by atoms with Crippen molar-refractivity contribution in [1.82, 2.24) is 14.8 Å². The summed E-state index contributed by atoms with van der Waals surface area (Å²) in [6.45, 7) is 7.58.